The van der Waals surface area contributed by atoms with Crippen molar-refractivity contribution < 1.29 is 9.26 Å². The molecular weight excluding hydrogens is 194 g/mol. The summed E-state index contributed by atoms with van der Waals surface area (Å²) in [4.78, 5) is 4.22. The van der Waals surface area contributed by atoms with Crippen LogP contribution in [0.5, 0.6) is 0 Å². The van der Waals surface area contributed by atoms with E-state index in [2.05, 4.69) is 15.5 Å². The Morgan fingerprint density at radius 2 is 1.80 bits per heavy atom. The number of hydrogen-bond donors (Lipinski definition) is 1. The van der Waals surface area contributed by atoms with Gasteiger partial charge in [0.1, 0.15) is 5.60 Å². The summed E-state index contributed by atoms with van der Waals surface area (Å²) < 4.78 is 10.3. The van der Waals surface area contributed by atoms with E-state index in [-0.39, 0.29) is 5.54 Å². The van der Waals surface area contributed by atoms with Crippen LogP contribution in [0.1, 0.15) is 40.4 Å². The molecule has 1 rings (SSSR count). The first-order valence-corrected chi connectivity index (χ1v) is 4.92. The zero-order chi connectivity index (χ0) is 11.7. The van der Waals surface area contributed by atoms with E-state index in [1.165, 1.54) is 0 Å². The largest absolute Gasteiger partial charge is 0.371 e. The van der Waals surface area contributed by atoms with Gasteiger partial charge in [-0.1, -0.05) is 5.16 Å². The quantitative estimate of drug-likeness (QED) is 0.833. The predicted molar refractivity (Wildman–Crippen MR) is 57.7 cm³/mol. The number of nitrogens with zero attached hydrogens (tertiary/aromatic N) is 2. The van der Waals surface area contributed by atoms with Gasteiger partial charge in [0, 0.05) is 12.6 Å². The summed E-state index contributed by atoms with van der Waals surface area (Å²) in [5.74, 6) is 0.539. The van der Waals surface area contributed by atoms with Gasteiger partial charge in [0.25, 0.3) is 0 Å². The number of methoxy groups -OCH3 is 1. The Balaban J connectivity index is 2.81. The van der Waals surface area contributed by atoms with Crippen molar-refractivity contribution in [2.45, 2.75) is 45.8 Å². The summed E-state index contributed by atoms with van der Waals surface area (Å²) >= 11 is 0. The van der Waals surface area contributed by atoms with Gasteiger partial charge in [0.05, 0.1) is 0 Å². The average Bonchev–Trinajstić information content (AvgIpc) is 2.50. The zero-order valence-electron chi connectivity index (χ0n) is 10.2. The molecule has 15 heavy (non-hydrogen) atoms. The molecule has 1 aromatic rings. The molecule has 86 valence electrons. The minimum atomic E-state index is -0.526. The fourth-order valence-corrected chi connectivity index (χ4v) is 0.931. The monoisotopic (exact) mass is 213 g/mol. The second kappa shape index (κ2) is 3.81. The van der Waals surface area contributed by atoms with Gasteiger partial charge in [-0.15, -0.1) is 0 Å². The lowest BCUT2D eigenvalue weighted by Crippen LogP contribution is -2.26. The third kappa shape index (κ3) is 3.20. The van der Waals surface area contributed by atoms with E-state index in [9.17, 15) is 0 Å². The molecule has 0 aliphatic heterocycles. The molecule has 0 fully saturated rings. The number of rotatable bonds is 3. The van der Waals surface area contributed by atoms with Crippen LogP contribution in [0, 0.1) is 0 Å². The van der Waals surface area contributed by atoms with E-state index >= 15 is 0 Å². The van der Waals surface area contributed by atoms with Gasteiger partial charge in [-0.25, -0.2) is 0 Å². The van der Waals surface area contributed by atoms with Crippen LogP contribution in [0.2, 0.25) is 0 Å². The normalized spacial score (nSPS) is 12.9. The molecule has 5 nitrogen and oxygen atoms in total. The molecule has 1 aromatic heterocycles. The van der Waals surface area contributed by atoms with Crippen molar-refractivity contribution in [3.63, 3.8) is 0 Å². The minimum absolute atomic E-state index is 0.0962. The SMILES string of the molecule is COC(C)(C)c1noc(NC(C)(C)C)n1. The van der Waals surface area contributed by atoms with Crippen LogP contribution >= 0.6 is 0 Å². The molecular formula is C10H19N3O2. The molecule has 0 bridgehead atoms. The molecule has 0 saturated heterocycles. The Morgan fingerprint density at radius 1 is 1.20 bits per heavy atom. The lowest BCUT2D eigenvalue weighted by molar-refractivity contribution is 0.00973. The second-order valence-corrected chi connectivity index (χ2v) is 5.01. The van der Waals surface area contributed by atoms with Gasteiger partial charge in [0.2, 0.25) is 5.82 Å². The number of ether oxygens (including phenoxy) is 1. The Morgan fingerprint density at radius 3 is 2.27 bits per heavy atom. The van der Waals surface area contributed by atoms with E-state index in [0.717, 1.165) is 0 Å². The molecule has 0 saturated carbocycles. The second-order valence-electron chi connectivity index (χ2n) is 5.01. The molecule has 1 heterocycles. The molecule has 0 radical (unpaired) electrons. The average molecular weight is 213 g/mol. The van der Waals surface area contributed by atoms with Crippen LogP contribution < -0.4 is 5.32 Å². The van der Waals surface area contributed by atoms with E-state index in [0.29, 0.717) is 11.8 Å². The molecule has 0 spiro atoms. The van der Waals surface area contributed by atoms with E-state index < -0.39 is 5.60 Å². The Hall–Kier alpha value is -1.10. The van der Waals surface area contributed by atoms with Gasteiger partial charge < -0.3 is 14.6 Å². The molecule has 0 aliphatic rings. The summed E-state index contributed by atoms with van der Waals surface area (Å²) in [6, 6.07) is 0.419. The predicted octanol–water partition coefficient (Wildman–Crippen LogP) is 2.16. The van der Waals surface area contributed by atoms with Crippen LogP contribution in [0.4, 0.5) is 6.01 Å². The molecule has 0 amide bonds. The number of nitrogens with one attached hydrogen (secondary N) is 1. The Bertz CT molecular complexity index is 326. The maximum atomic E-state index is 5.25. The summed E-state index contributed by atoms with van der Waals surface area (Å²) in [5, 5.41) is 6.97. The van der Waals surface area contributed by atoms with Crippen molar-refractivity contribution in [3.8, 4) is 0 Å². The van der Waals surface area contributed by atoms with Crippen LogP contribution in [0.3, 0.4) is 0 Å². The lowest BCUT2D eigenvalue weighted by atomic mass is 10.1. The molecule has 0 aliphatic carbocycles. The first kappa shape index (κ1) is 12.0. The standard InChI is InChI=1S/C10H19N3O2/c1-9(2,3)12-8-11-7(13-15-8)10(4,5)14-6/h1-6H3,(H,11,12,13). The Kier molecular flexibility index (Phi) is 3.04. The summed E-state index contributed by atoms with van der Waals surface area (Å²) in [6.07, 6.45) is 0. The van der Waals surface area contributed by atoms with Gasteiger partial charge in [0.15, 0.2) is 0 Å². The van der Waals surface area contributed by atoms with E-state index in [1.807, 2.05) is 34.6 Å². The van der Waals surface area contributed by atoms with Crippen molar-refractivity contribution >= 4 is 6.01 Å². The first-order valence-electron chi connectivity index (χ1n) is 4.92. The highest BCUT2D eigenvalue weighted by Crippen LogP contribution is 2.22. The van der Waals surface area contributed by atoms with Crippen LogP contribution in [-0.2, 0) is 10.3 Å². The number of aromatic nitrogens is 2. The maximum Gasteiger partial charge on any atom is 0.321 e. The van der Waals surface area contributed by atoms with Gasteiger partial charge in [-0.2, -0.15) is 4.98 Å². The third-order valence-electron chi connectivity index (χ3n) is 1.96. The summed E-state index contributed by atoms with van der Waals surface area (Å²) in [6.45, 7) is 9.85. The maximum absolute atomic E-state index is 5.25. The highest BCUT2D eigenvalue weighted by Gasteiger charge is 2.27. The third-order valence-corrected chi connectivity index (χ3v) is 1.96. The van der Waals surface area contributed by atoms with Crippen molar-refractivity contribution in [2.75, 3.05) is 12.4 Å². The van der Waals surface area contributed by atoms with Crippen LogP contribution in [-0.4, -0.2) is 22.8 Å². The molecule has 0 unspecified atom stereocenters. The topological polar surface area (TPSA) is 60.2 Å². The molecule has 5 heteroatoms. The van der Waals surface area contributed by atoms with E-state index in [1.54, 1.807) is 7.11 Å². The fraction of sp³-hybridized carbons (Fsp3) is 0.800. The smallest absolute Gasteiger partial charge is 0.321 e. The Labute approximate surface area is 90.2 Å². The number of anilines is 1. The molecule has 0 aromatic carbocycles. The molecule has 0 atom stereocenters. The summed E-state index contributed by atoms with van der Waals surface area (Å²) in [7, 11) is 1.62. The number of hydrogen-bond acceptors (Lipinski definition) is 5. The lowest BCUT2D eigenvalue weighted by Gasteiger charge is -2.19. The minimum Gasteiger partial charge on any atom is -0.371 e. The van der Waals surface area contributed by atoms with Crippen LogP contribution in [0.15, 0.2) is 4.52 Å². The first-order chi connectivity index (χ1) is 6.74. The zero-order valence-corrected chi connectivity index (χ0v) is 10.2. The summed E-state index contributed by atoms with van der Waals surface area (Å²) in [5.41, 5.74) is -0.623. The van der Waals surface area contributed by atoms with Crippen molar-refractivity contribution in [3.05, 3.63) is 5.82 Å². The highest BCUT2D eigenvalue weighted by atomic mass is 16.5. The fourth-order valence-electron chi connectivity index (χ4n) is 0.931. The van der Waals surface area contributed by atoms with Crippen LogP contribution in [0.25, 0.3) is 0 Å². The van der Waals surface area contributed by atoms with Crippen molar-refractivity contribution in [1.82, 2.24) is 10.1 Å². The van der Waals surface area contributed by atoms with Gasteiger partial charge in [-0.05, 0) is 34.6 Å². The molecule has 1 N–H and O–H groups in total. The van der Waals surface area contributed by atoms with Crippen molar-refractivity contribution in [2.24, 2.45) is 0 Å². The van der Waals surface area contributed by atoms with E-state index in [4.69, 9.17) is 9.26 Å². The van der Waals surface area contributed by atoms with Gasteiger partial charge in [-0.3, -0.25) is 0 Å². The van der Waals surface area contributed by atoms with Gasteiger partial charge >= 0.3 is 6.01 Å². The highest BCUT2D eigenvalue weighted by molar-refractivity contribution is 5.23. The van der Waals surface area contributed by atoms with Crippen molar-refractivity contribution in [1.29, 1.82) is 0 Å².